The van der Waals surface area contributed by atoms with Crippen molar-refractivity contribution in [1.82, 2.24) is 5.32 Å². The predicted molar refractivity (Wildman–Crippen MR) is 90.0 cm³/mol. The number of fused-ring (bicyclic) bond motifs is 1. The minimum atomic E-state index is -4.44. The standard InChI is InChI=1S/C17H17F3N2O2S/c1-11(15-3-2-8-25-15)21-16(23)10-22-6-7-24-14-5-4-12(9-13(14)22)17(18,19)20/h2-5,8-9,11H,6-7,10H2,1H3,(H,21,23)/t11-/m1/s1. The van der Waals surface area contributed by atoms with E-state index in [9.17, 15) is 18.0 Å². The van der Waals surface area contributed by atoms with Crippen LogP contribution in [0.25, 0.3) is 0 Å². The van der Waals surface area contributed by atoms with Gasteiger partial charge in [-0.1, -0.05) is 6.07 Å². The second-order valence-corrected chi connectivity index (χ2v) is 6.73. The number of alkyl halides is 3. The lowest BCUT2D eigenvalue weighted by molar-refractivity contribution is -0.137. The topological polar surface area (TPSA) is 41.6 Å². The lowest BCUT2D eigenvalue weighted by Crippen LogP contribution is -2.42. The third kappa shape index (κ3) is 4.07. The molecule has 1 aliphatic rings. The third-order valence-corrected chi connectivity index (χ3v) is 4.98. The van der Waals surface area contributed by atoms with E-state index in [1.54, 1.807) is 4.90 Å². The molecule has 1 N–H and O–H groups in total. The molecule has 4 nitrogen and oxygen atoms in total. The predicted octanol–water partition coefficient (Wildman–Crippen LogP) is 3.84. The van der Waals surface area contributed by atoms with E-state index in [0.29, 0.717) is 24.6 Å². The summed E-state index contributed by atoms with van der Waals surface area (Å²) in [6, 6.07) is 7.01. The molecule has 1 atom stereocenters. The number of halogens is 3. The zero-order valence-electron chi connectivity index (χ0n) is 13.5. The number of anilines is 1. The number of carbonyl (C=O) groups is 1. The number of hydrogen-bond acceptors (Lipinski definition) is 4. The fourth-order valence-electron chi connectivity index (χ4n) is 2.68. The summed E-state index contributed by atoms with van der Waals surface area (Å²) in [7, 11) is 0. The van der Waals surface area contributed by atoms with E-state index in [1.807, 2.05) is 24.4 Å². The highest BCUT2D eigenvalue weighted by Gasteiger charge is 2.33. The van der Waals surface area contributed by atoms with Gasteiger partial charge in [-0.15, -0.1) is 11.3 Å². The van der Waals surface area contributed by atoms with Crippen LogP contribution in [0.1, 0.15) is 23.4 Å². The molecular weight excluding hydrogens is 353 g/mol. The second-order valence-electron chi connectivity index (χ2n) is 5.75. The minimum Gasteiger partial charge on any atom is -0.490 e. The molecule has 0 saturated carbocycles. The van der Waals surface area contributed by atoms with Crippen LogP contribution in [0, 0.1) is 0 Å². The van der Waals surface area contributed by atoms with Gasteiger partial charge in [0.2, 0.25) is 5.91 Å². The Hall–Kier alpha value is -2.22. The molecule has 2 heterocycles. The van der Waals surface area contributed by atoms with Crippen molar-refractivity contribution in [3.8, 4) is 5.75 Å². The molecule has 0 unspecified atom stereocenters. The van der Waals surface area contributed by atoms with Crippen molar-refractivity contribution in [3.05, 3.63) is 46.2 Å². The van der Waals surface area contributed by atoms with Gasteiger partial charge in [-0.2, -0.15) is 13.2 Å². The van der Waals surface area contributed by atoms with E-state index in [4.69, 9.17) is 4.74 Å². The number of rotatable bonds is 4. The molecule has 0 fully saturated rings. The van der Waals surface area contributed by atoms with Crippen molar-refractivity contribution < 1.29 is 22.7 Å². The Bertz CT molecular complexity index is 747. The summed E-state index contributed by atoms with van der Waals surface area (Å²) in [6.45, 7) is 2.54. The van der Waals surface area contributed by atoms with Gasteiger partial charge in [-0.3, -0.25) is 4.79 Å². The van der Waals surface area contributed by atoms with Crippen molar-refractivity contribution in [2.75, 3.05) is 24.6 Å². The molecule has 2 aromatic rings. The average Bonchev–Trinajstić information content (AvgIpc) is 3.08. The molecule has 1 aromatic carbocycles. The molecule has 0 spiro atoms. The highest BCUT2D eigenvalue weighted by molar-refractivity contribution is 7.10. The quantitative estimate of drug-likeness (QED) is 0.889. The van der Waals surface area contributed by atoms with E-state index in [-0.39, 0.29) is 18.5 Å². The summed E-state index contributed by atoms with van der Waals surface area (Å²) in [5, 5.41) is 4.80. The fourth-order valence-corrected chi connectivity index (χ4v) is 3.42. The molecule has 8 heteroatoms. The number of carbonyl (C=O) groups excluding carboxylic acids is 1. The van der Waals surface area contributed by atoms with Crippen molar-refractivity contribution >= 4 is 22.9 Å². The van der Waals surface area contributed by atoms with Crippen molar-refractivity contribution in [3.63, 3.8) is 0 Å². The molecule has 0 radical (unpaired) electrons. The third-order valence-electron chi connectivity index (χ3n) is 3.93. The summed E-state index contributed by atoms with van der Waals surface area (Å²) in [5.41, 5.74) is -0.464. The van der Waals surface area contributed by atoms with Crippen LogP contribution in [-0.4, -0.2) is 25.6 Å². The monoisotopic (exact) mass is 370 g/mol. The fraction of sp³-hybridized carbons (Fsp3) is 0.353. The van der Waals surface area contributed by atoms with E-state index < -0.39 is 11.7 Å². The minimum absolute atomic E-state index is 0.0205. The van der Waals surface area contributed by atoms with Crippen LogP contribution >= 0.6 is 11.3 Å². The van der Waals surface area contributed by atoms with Crippen LogP contribution < -0.4 is 15.0 Å². The van der Waals surface area contributed by atoms with Crippen molar-refractivity contribution in [2.45, 2.75) is 19.1 Å². The first-order valence-electron chi connectivity index (χ1n) is 7.76. The zero-order chi connectivity index (χ0) is 18.0. The maximum absolute atomic E-state index is 12.9. The van der Waals surface area contributed by atoms with Gasteiger partial charge in [0, 0.05) is 4.88 Å². The normalized spacial score (nSPS) is 15.3. The Kier molecular flexibility index (Phi) is 4.89. The second kappa shape index (κ2) is 6.95. The Balaban J connectivity index is 1.73. The molecule has 0 bridgehead atoms. The smallest absolute Gasteiger partial charge is 0.416 e. The van der Waals surface area contributed by atoms with Gasteiger partial charge in [0.15, 0.2) is 0 Å². The van der Waals surface area contributed by atoms with E-state index in [2.05, 4.69) is 5.32 Å². The summed E-state index contributed by atoms with van der Waals surface area (Å²) in [4.78, 5) is 14.9. The molecular formula is C17H17F3N2O2S. The molecule has 0 aliphatic carbocycles. The Morgan fingerprint density at radius 1 is 1.40 bits per heavy atom. The highest BCUT2D eigenvalue weighted by Crippen LogP contribution is 2.38. The average molecular weight is 370 g/mol. The first-order chi connectivity index (χ1) is 11.8. The Labute approximate surface area is 147 Å². The summed E-state index contributed by atoms with van der Waals surface area (Å²) in [6.07, 6.45) is -4.44. The molecule has 25 heavy (non-hydrogen) atoms. The van der Waals surface area contributed by atoms with Gasteiger partial charge in [0.25, 0.3) is 0 Å². The summed E-state index contributed by atoms with van der Waals surface area (Å²) < 4.78 is 44.2. The first-order valence-corrected chi connectivity index (χ1v) is 8.64. The van der Waals surface area contributed by atoms with Crippen LogP contribution in [0.2, 0.25) is 0 Å². The van der Waals surface area contributed by atoms with Crippen LogP contribution in [0.4, 0.5) is 18.9 Å². The van der Waals surface area contributed by atoms with Gasteiger partial charge in [-0.25, -0.2) is 0 Å². The van der Waals surface area contributed by atoms with E-state index in [1.165, 1.54) is 17.4 Å². The number of benzene rings is 1. The molecule has 1 amide bonds. The van der Waals surface area contributed by atoms with Crippen molar-refractivity contribution in [2.24, 2.45) is 0 Å². The summed E-state index contributed by atoms with van der Waals surface area (Å²) >= 11 is 1.54. The number of nitrogens with zero attached hydrogens (tertiary/aromatic N) is 1. The zero-order valence-corrected chi connectivity index (χ0v) is 14.3. The largest absolute Gasteiger partial charge is 0.490 e. The maximum atomic E-state index is 12.9. The van der Waals surface area contributed by atoms with Crippen LogP contribution in [0.3, 0.4) is 0 Å². The number of nitrogens with one attached hydrogen (secondary N) is 1. The molecule has 0 saturated heterocycles. The number of ether oxygens (including phenoxy) is 1. The molecule has 1 aromatic heterocycles. The van der Waals surface area contributed by atoms with E-state index >= 15 is 0 Å². The van der Waals surface area contributed by atoms with Crippen molar-refractivity contribution in [1.29, 1.82) is 0 Å². The van der Waals surface area contributed by atoms with E-state index in [0.717, 1.165) is 17.0 Å². The molecule has 3 rings (SSSR count). The maximum Gasteiger partial charge on any atom is 0.416 e. The lowest BCUT2D eigenvalue weighted by atomic mass is 10.1. The molecule has 134 valence electrons. The lowest BCUT2D eigenvalue weighted by Gasteiger charge is -2.31. The Morgan fingerprint density at radius 2 is 2.20 bits per heavy atom. The number of thiophene rings is 1. The summed E-state index contributed by atoms with van der Waals surface area (Å²) in [5.74, 6) is 0.115. The van der Waals surface area contributed by atoms with Gasteiger partial charge in [-0.05, 0) is 36.6 Å². The van der Waals surface area contributed by atoms with Crippen LogP contribution in [0.15, 0.2) is 35.7 Å². The van der Waals surface area contributed by atoms with Crippen LogP contribution in [0.5, 0.6) is 5.75 Å². The number of amides is 1. The van der Waals surface area contributed by atoms with Crippen LogP contribution in [-0.2, 0) is 11.0 Å². The SMILES string of the molecule is C[C@@H](NC(=O)CN1CCOc2ccc(C(F)(F)F)cc21)c1cccs1. The van der Waals surface area contributed by atoms with Gasteiger partial charge >= 0.3 is 6.18 Å². The molecule has 1 aliphatic heterocycles. The Morgan fingerprint density at radius 3 is 2.88 bits per heavy atom. The highest BCUT2D eigenvalue weighted by atomic mass is 32.1. The van der Waals surface area contributed by atoms with Gasteiger partial charge < -0.3 is 15.0 Å². The first kappa shape index (κ1) is 17.6. The van der Waals surface area contributed by atoms with Gasteiger partial charge in [0.1, 0.15) is 12.4 Å². The van der Waals surface area contributed by atoms with Gasteiger partial charge in [0.05, 0.1) is 30.4 Å². The number of hydrogen-bond donors (Lipinski definition) is 1.